The van der Waals surface area contributed by atoms with E-state index in [0.29, 0.717) is 0 Å². The van der Waals surface area contributed by atoms with Crippen LogP contribution < -0.4 is 0 Å². The van der Waals surface area contributed by atoms with Crippen LogP contribution in [0.1, 0.15) is 56.7 Å². The Morgan fingerprint density at radius 1 is 1.26 bits per heavy atom. The quantitative estimate of drug-likeness (QED) is 0.562. The molecule has 0 unspecified atom stereocenters. The van der Waals surface area contributed by atoms with Crippen molar-refractivity contribution in [1.29, 1.82) is 0 Å². The van der Waals surface area contributed by atoms with Gasteiger partial charge in [0.15, 0.2) is 0 Å². The lowest BCUT2D eigenvalue weighted by atomic mass is 9.98. The van der Waals surface area contributed by atoms with Crippen molar-refractivity contribution in [3.8, 4) is 0 Å². The molecular formula is C19H24. The summed E-state index contributed by atoms with van der Waals surface area (Å²) >= 11 is 0. The van der Waals surface area contributed by atoms with Crippen LogP contribution in [0.2, 0.25) is 0 Å². The summed E-state index contributed by atoms with van der Waals surface area (Å²) in [6.07, 6.45) is 9.10. The third-order valence-electron chi connectivity index (χ3n) is 3.67. The third kappa shape index (κ3) is 3.70. The summed E-state index contributed by atoms with van der Waals surface area (Å²) in [6.45, 7) is 10.6. The molecule has 100 valence electrons. The van der Waals surface area contributed by atoms with Gasteiger partial charge in [0.1, 0.15) is 0 Å². The molecule has 0 heteroatoms. The fourth-order valence-corrected chi connectivity index (χ4v) is 2.36. The minimum atomic E-state index is 1.12. The molecule has 1 aliphatic rings. The van der Waals surface area contributed by atoms with Crippen LogP contribution in [0.5, 0.6) is 0 Å². The summed E-state index contributed by atoms with van der Waals surface area (Å²) in [6, 6.07) is 6.95. The van der Waals surface area contributed by atoms with Crippen molar-refractivity contribution in [3.63, 3.8) is 0 Å². The molecule has 0 atom stereocenters. The first-order chi connectivity index (χ1) is 9.11. The van der Waals surface area contributed by atoms with Gasteiger partial charge in [0.2, 0.25) is 0 Å². The van der Waals surface area contributed by atoms with Gasteiger partial charge in [-0.1, -0.05) is 48.9 Å². The molecule has 1 aromatic rings. The molecule has 0 heterocycles. The number of hydrogen-bond donors (Lipinski definition) is 0. The molecule has 0 fully saturated rings. The largest absolute Gasteiger partial charge is 0.0955 e. The summed E-state index contributed by atoms with van der Waals surface area (Å²) < 4.78 is 0. The van der Waals surface area contributed by atoms with Crippen LogP contribution in [0, 0.1) is 0 Å². The number of allylic oxidation sites excluding steroid dienone is 5. The van der Waals surface area contributed by atoms with Gasteiger partial charge in [-0.15, -0.1) is 0 Å². The van der Waals surface area contributed by atoms with Gasteiger partial charge in [0.05, 0.1) is 0 Å². The fourth-order valence-electron chi connectivity index (χ4n) is 2.36. The van der Waals surface area contributed by atoms with Crippen molar-refractivity contribution < 1.29 is 0 Å². The van der Waals surface area contributed by atoms with E-state index >= 15 is 0 Å². The molecule has 1 aromatic carbocycles. The van der Waals surface area contributed by atoms with E-state index in [0.717, 1.165) is 24.8 Å². The maximum Gasteiger partial charge on any atom is -0.00582 e. The third-order valence-corrected chi connectivity index (χ3v) is 3.67. The molecule has 0 spiro atoms. The van der Waals surface area contributed by atoms with Gasteiger partial charge in [0.25, 0.3) is 0 Å². The molecule has 0 nitrogen and oxygen atoms in total. The minimum Gasteiger partial charge on any atom is -0.0955 e. The van der Waals surface area contributed by atoms with E-state index < -0.39 is 0 Å². The molecule has 2 rings (SSSR count). The van der Waals surface area contributed by atoms with E-state index in [4.69, 9.17) is 0 Å². The number of rotatable bonds is 6. The van der Waals surface area contributed by atoms with Crippen LogP contribution in [0.3, 0.4) is 0 Å². The van der Waals surface area contributed by atoms with Crippen LogP contribution in [-0.4, -0.2) is 0 Å². The van der Waals surface area contributed by atoms with E-state index in [2.05, 4.69) is 57.7 Å². The Morgan fingerprint density at radius 2 is 2.00 bits per heavy atom. The second kappa shape index (κ2) is 6.06. The van der Waals surface area contributed by atoms with Crippen molar-refractivity contribution in [2.75, 3.05) is 0 Å². The average Bonchev–Trinajstić information content (AvgIpc) is 3.11. The first-order valence-electron chi connectivity index (χ1n) is 7.25. The van der Waals surface area contributed by atoms with Crippen LogP contribution in [0.15, 0.2) is 42.5 Å². The fraction of sp³-hybridized carbons (Fsp3) is 0.368. The molecule has 0 bridgehead atoms. The van der Waals surface area contributed by atoms with Gasteiger partial charge in [-0.2, -0.15) is 0 Å². The molecule has 19 heavy (non-hydrogen) atoms. The predicted molar refractivity (Wildman–Crippen MR) is 86.1 cm³/mol. The first kappa shape index (κ1) is 13.9. The zero-order valence-corrected chi connectivity index (χ0v) is 12.4. The highest BCUT2D eigenvalue weighted by atomic mass is 14.2. The Labute approximate surface area is 117 Å². The molecule has 0 saturated carbocycles. The molecule has 0 aromatic heterocycles. The normalized spacial score (nSPS) is 14.3. The topological polar surface area (TPSA) is 0 Å². The predicted octanol–water partition coefficient (Wildman–Crippen LogP) is 5.80. The number of benzene rings is 1. The zero-order chi connectivity index (χ0) is 13.8. The van der Waals surface area contributed by atoms with Gasteiger partial charge in [-0.3, -0.25) is 0 Å². The minimum absolute atomic E-state index is 1.12. The monoisotopic (exact) mass is 252 g/mol. The lowest BCUT2D eigenvalue weighted by Gasteiger charge is -2.08. The Balaban J connectivity index is 2.20. The molecular weight excluding hydrogens is 228 g/mol. The van der Waals surface area contributed by atoms with Gasteiger partial charge in [-0.05, 0) is 67.9 Å². The van der Waals surface area contributed by atoms with Crippen LogP contribution in [0.4, 0.5) is 0 Å². The number of hydrogen-bond acceptors (Lipinski definition) is 0. The maximum atomic E-state index is 4.09. The maximum absolute atomic E-state index is 4.09. The van der Waals surface area contributed by atoms with Crippen LogP contribution in [0.25, 0.3) is 11.1 Å². The van der Waals surface area contributed by atoms with Crippen molar-refractivity contribution in [3.05, 3.63) is 59.2 Å². The zero-order valence-electron chi connectivity index (χ0n) is 12.4. The van der Waals surface area contributed by atoms with Crippen molar-refractivity contribution >= 4 is 11.1 Å². The van der Waals surface area contributed by atoms with E-state index in [1.165, 1.54) is 34.3 Å². The van der Waals surface area contributed by atoms with Gasteiger partial charge >= 0.3 is 0 Å². The molecule has 0 aliphatic heterocycles. The van der Waals surface area contributed by atoms with Gasteiger partial charge in [-0.25, -0.2) is 0 Å². The highest BCUT2D eigenvalue weighted by molar-refractivity contribution is 5.83. The second-order valence-corrected chi connectivity index (χ2v) is 5.55. The number of aryl methyl sites for hydroxylation is 1. The average molecular weight is 252 g/mol. The van der Waals surface area contributed by atoms with E-state index in [1.807, 2.05) is 0 Å². The molecule has 0 radical (unpaired) electrons. The Hall–Kier alpha value is -1.56. The summed E-state index contributed by atoms with van der Waals surface area (Å²) in [5.41, 5.74) is 8.37. The highest BCUT2D eigenvalue weighted by Gasteiger charge is 2.19. The summed E-state index contributed by atoms with van der Waals surface area (Å²) in [4.78, 5) is 0. The molecule has 0 N–H and O–H groups in total. The van der Waals surface area contributed by atoms with E-state index in [9.17, 15) is 0 Å². The molecule has 1 aliphatic carbocycles. The SMILES string of the molecule is C=C(C)c1cc(CC/C=C\CC)cc(C2=C(C)C2)c1. The van der Waals surface area contributed by atoms with E-state index in [-0.39, 0.29) is 0 Å². The van der Waals surface area contributed by atoms with Crippen molar-refractivity contribution in [1.82, 2.24) is 0 Å². The molecule has 0 saturated heterocycles. The Kier molecular flexibility index (Phi) is 4.42. The van der Waals surface area contributed by atoms with E-state index in [1.54, 1.807) is 0 Å². The summed E-state index contributed by atoms with van der Waals surface area (Å²) in [7, 11) is 0. The summed E-state index contributed by atoms with van der Waals surface area (Å²) in [5.74, 6) is 0. The van der Waals surface area contributed by atoms with Gasteiger partial charge < -0.3 is 0 Å². The van der Waals surface area contributed by atoms with Crippen LogP contribution in [-0.2, 0) is 6.42 Å². The van der Waals surface area contributed by atoms with Crippen LogP contribution >= 0.6 is 0 Å². The van der Waals surface area contributed by atoms with Crippen molar-refractivity contribution in [2.45, 2.75) is 46.5 Å². The highest BCUT2D eigenvalue weighted by Crippen LogP contribution is 2.40. The lowest BCUT2D eigenvalue weighted by molar-refractivity contribution is 0.990. The second-order valence-electron chi connectivity index (χ2n) is 5.55. The Bertz CT molecular complexity index is 541. The first-order valence-corrected chi connectivity index (χ1v) is 7.25. The lowest BCUT2D eigenvalue weighted by Crippen LogP contribution is -1.90. The smallest absolute Gasteiger partial charge is 0.00582 e. The summed E-state index contributed by atoms with van der Waals surface area (Å²) in [5, 5.41) is 0. The Morgan fingerprint density at radius 3 is 2.58 bits per heavy atom. The van der Waals surface area contributed by atoms with Crippen molar-refractivity contribution in [2.24, 2.45) is 0 Å². The van der Waals surface area contributed by atoms with Gasteiger partial charge in [0, 0.05) is 0 Å². The standard InChI is InChI=1S/C19H24/c1-5-6-7-8-9-16-11-17(14(2)3)13-18(12-16)19-10-15(19)4/h6-7,11-13H,2,5,8-10H2,1,3-4H3/b7-6-. The molecule has 0 amide bonds.